The minimum atomic E-state index is -0.457. The molecule has 3 N–H and O–H groups in total. The van der Waals surface area contributed by atoms with Gasteiger partial charge < -0.3 is 16.0 Å². The molecule has 116 valence electrons. The highest BCUT2D eigenvalue weighted by Crippen LogP contribution is 2.23. The van der Waals surface area contributed by atoms with Crippen molar-refractivity contribution in [3.63, 3.8) is 0 Å². The first-order valence-corrected chi connectivity index (χ1v) is 7.45. The monoisotopic (exact) mass is 284 g/mol. The number of nitrogens with zero attached hydrogens (tertiary/aromatic N) is 2. The van der Waals surface area contributed by atoms with Gasteiger partial charge >= 0.3 is 0 Å². The second-order valence-corrected chi connectivity index (χ2v) is 5.64. The topological polar surface area (TPSA) is 78.7 Å². The van der Waals surface area contributed by atoms with Crippen molar-refractivity contribution >= 4 is 11.8 Å². The summed E-state index contributed by atoms with van der Waals surface area (Å²) in [5.74, 6) is 0.188. The van der Waals surface area contributed by atoms with Crippen molar-refractivity contribution in [2.24, 2.45) is 11.1 Å². The number of carbonyl (C=O) groups is 2. The zero-order valence-corrected chi connectivity index (χ0v) is 12.9. The first-order chi connectivity index (χ1) is 9.46. The van der Waals surface area contributed by atoms with Gasteiger partial charge in [-0.2, -0.15) is 0 Å². The van der Waals surface area contributed by atoms with Crippen LogP contribution >= 0.6 is 0 Å². The SMILES string of the molecule is CCNC(=O)CN1CCN(C(=O)C(C)(CC)CN)CC1. The number of nitrogens with two attached hydrogens (primary N) is 1. The molecule has 2 amide bonds. The van der Waals surface area contributed by atoms with E-state index in [9.17, 15) is 9.59 Å². The highest BCUT2D eigenvalue weighted by atomic mass is 16.2. The van der Waals surface area contributed by atoms with Crippen molar-refractivity contribution in [2.45, 2.75) is 27.2 Å². The predicted octanol–water partition coefficient (Wildman–Crippen LogP) is -0.358. The highest BCUT2D eigenvalue weighted by Gasteiger charge is 2.35. The van der Waals surface area contributed by atoms with Gasteiger partial charge in [0.15, 0.2) is 0 Å². The Morgan fingerprint density at radius 1 is 1.20 bits per heavy atom. The lowest BCUT2D eigenvalue weighted by Gasteiger charge is -2.39. The molecule has 1 fully saturated rings. The van der Waals surface area contributed by atoms with E-state index in [0.717, 1.165) is 19.5 Å². The maximum Gasteiger partial charge on any atom is 0.234 e. The average Bonchev–Trinajstić information content (AvgIpc) is 2.46. The van der Waals surface area contributed by atoms with Gasteiger partial charge in [-0.3, -0.25) is 14.5 Å². The Labute approximate surface area is 121 Å². The number of rotatable bonds is 6. The molecule has 0 aliphatic carbocycles. The van der Waals surface area contributed by atoms with E-state index in [2.05, 4.69) is 10.2 Å². The first kappa shape index (κ1) is 16.9. The van der Waals surface area contributed by atoms with Crippen LogP contribution in [0.5, 0.6) is 0 Å². The molecule has 20 heavy (non-hydrogen) atoms. The van der Waals surface area contributed by atoms with E-state index in [1.165, 1.54) is 0 Å². The summed E-state index contributed by atoms with van der Waals surface area (Å²) >= 11 is 0. The normalized spacial score (nSPS) is 19.5. The molecule has 0 aromatic rings. The number of carbonyl (C=O) groups excluding carboxylic acids is 2. The van der Waals surface area contributed by atoms with E-state index >= 15 is 0 Å². The minimum absolute atomic E-state index is 0.0487. The number of hydrogen-bond acceptors (Lipinski definition) is 4. The van der Waals surface area contributed by atoms with Crippen LogP contribution in [0.15, 0.2) is 0 Å². The molecular weight excluding hydrogens is 256 g/mol. The minimum Gasteiger partial charge on any atom is -0.355 e. The third-order valence-electron chi connectivity index (χ3n) is 4.15. The summed E-state index contributed by atoms with van der Waals surface area (Å²) in [5, 5.41) is 2.79. The molecule has 0 aromatic carbocycles. The zero-order valence-electron chi connectivity index (χ0n) is 12.9. The Morgan fingerprint density at radius 3 is 2.25 bits per heavy atom. The van der Waals surface area contributed by atoms with Gasteiger partial charge in [0.1, 0.15) is 0 Å². The number of hydrogen-bond donors (Lipinski definition) is 2. The summed E-state index contributed by atoms with van der Waals surface area (Å²) in [6.45, 7) is 10.1. The van der Waals surface area contributed by atoms with Crippen LogP contribution < -0.4 is 11.1 Å². The summed E-state index contributed by atoms with van der Waals surface area (Å²) in [6.07, 6.45) is 0.751. The van der Waals surface area contributed by atoms with Gasteiger partial charge in [0, 0.05) is 39.3 Å². The van der Waals surface area contributed by atoms with Crippen LogP contribution in [0.3, 0.4) is 0 Å². The molecule has 0 saturated carbocycles. The van der Waals surface area contributed by atoms with Crippen molar-refractivity contribution in [1.29, 1.82) is 0 Å². The van der Waals surface area contributed by atoms with Gasteiger partial charge in [-0.1, -0.05) is 6.92 Å². The number of likely N-dealkylation sites (N-methyl/N-ethyl adjacent to an activating group) is 1. The maximum atomic E-state index is 12.5. The summed E-state index contributed by atoms with van der Waals surface area (Å²) in [4.78, 5) is 28.0. The number of piperazine rings is 1. The van der Waals surface area contributed by atoms with E-state index in [-0.39, 0.29) is 11.8 Å². The van der Waals surface area contributed by atoms with Gasteiger partial charge in [0.05, 0.1) is 12.0 Å². The van der Waals surface area contributed by atoms with Gasteiger partial charge in [0.25, 0.3) is 0 Å². The van der Waals surface area contributed by atoms with Gasteiger partial charge in [-0.15, -0.1) is 0 Å². The largest absolute Gasteiger partial charge is 0.355 e. The second kappa shape index (κ2) is 7.59. The van der Waals surface area contributed by atoms with Crippen LogP contribution in [0.1, 0.15) is 27.2 Å². The summed E-state index contributed by atoms with van der Waals surface area (Å²) < 4.78 is 0. The Morgan fingerprint density at radius 2 is 1.80 bits per heavy atom. The molecule has 0 radical (unpaired) electrons. The molecule has 0 spiro atoms. The first-order valence-electron chi connectivity index (χ1n) is 7.45. The van der Waals surface area contributed by atoms with Crippen LogP contribution in [0.4, 0.5) is 0 Å². The van der Waals surface area contributed by atoms with E-state index in [1.54, 1.807) is 0 Å². The van der Waals surface area contributed by atoms with Crippen LogP contribution in [0.25, 0.3) is 0 Å². The molecule has 1 aliphatic heterocycles. The fourth-order valence-corrected chi connectivity index (χ4v) is 2.33. The van der Waals surface area contributed by atoms with Crippen molar-refractivity contribution in [3.05, 3.63) is 0 Å². The third-order valence-corrected chi connectivity index (χ3v) is 4.15. The molecule has 1 rings (SSSR count). The predicted molar refractivity (Wildman–Crippen MR) is 79.2 cm³/mol. The standard InChI is InChI=1S/C14H28N4O2/c1-4-14(3,11-15)13(20)18-8-6-17(7-9-18)10-12(19)16-5-2/h4-11,15H2,1-3H3,(H,16,19). The zero-order chi connectivity index (χ0) is 15.2. The Hall–Kier alpha value is -1.14. The van der Waals surface area contributed by atoms with Gasteiger partial charge in [-0.25, -0.2) is 0 Å². The molecule has 1 aliphatic rings. The van der Waals surface area contributed by atoms with E-state index in [4.69, 9.17) is 5.73 Å². The lowest BCUT2D eigenvalue weighted by atomic mass is 9.86. The van der Waals surface area contributed by atoms with Crippen LogP contribution in [0, 0.1) is 5.41 Å². The van der Waals surface area contributed by atoms with Crippen molar-refractivity contribution in [1.82, 2.24) is 15.1 Å². The molecule has 6 nitrogen and oxygen atoms in total. The summed E-state index contributed by atoms with van der Waals surface area (Å²) in [5.41, 5.74) is 5.28. The fraction of sp³-hybridized carbons (Fsp3) is 0.857. The molecule has 1 atom stereocenters. The van der Waals surface area contributed by atoms with E-state index in [1.807, 2.05) is 25.7 Å². The fourth-order valence-electron chi connectivity index (χ4n) is 2.33. The summed E-state index contributed by atoms with van der Waals surface area (Å²) in [6, 6.07) is 0. The maximum absolute atomic E-state index is 12.5. The van der Waals surface area contributed by atoms with Crippen LogP contribution in [-0.4, -0.2) is 67.4 Å². The molecule has 0 aromatic heterocycles. The van der Waals surface area contributed by atoms with E-state index < -0.39 is 5.41 Å². The Bertz CT molecular complexity index is 334. The number of nitrogens with one attached hydrogen (secondary N) is 1. The van der Waals surface area contributed by atoms with Gasteiger partial charge in [0.2, 0.25) is 11.8 Å². The quantitative estimate of drug-likeness (QED) is 0.698. The molecule has 6 heteroatoms. The molecule has 1 unspecified atom stereocenters. The molecule has 1 heterocycles. The third kappa shape index (κ3) is 4.18. The van der Waals surface area contributed by atoms with Crippen molar-refractivity contribution < 1.29 is 9.59 Å². The lowest BCUT2D eigenvalue weighted by Crippen LogP contribution is -2.55. The second-order valence-electron chi connectivity index (χ2n) is 5.64. The average molecular weight is 284 g/mol. The van der Waals surface area contributed by atoms with Crippen LogP contribution in [-0.2, 0) is 9.59 Å². The number of amides is 2. The van der Waals surface area contributed by atoms with Crippen LogP contribution in [0.2, 0.25) is 0 Å². The van der Waals surface area contributed by atoms with Gasteiger partial charge in [-0.05, 0) is 20.3 Å². The Kier molecular flexibility index (Phi) is 6.42. The van der Waals surface area contributed by atoms with Crippen molar-refractivity contribution in [2.75, 3.05) is 45.8 Å². The van der Waals surface area contributed by atoms with E-state index in [0.29, 0.717) is 32.7 Å². The summed E-state index contributed by atoms with van der Waals surface area (Å²) in [7, 11) is 0. The molecule has 0 bridgehead atoms. The lowest BCUT2D eigenvalue weighted by molar-refractivity contribution is -0.142. The van der Waals surface area contributed by atoms with Crippen molar-refractivity contribution in [3.8, 4) is 0 Å². The molecule has 1 saturated heterocycles. The Balaban J connectivity index is 2.46. The molecular formula is C14H28N4O2. The highest BCUT2D eigenvalue weighted by molar-refractivity contribution is 5.82. The smallest absolute Gasteiger partial charge is 0.234 e.